The van der Waals surface area contributed by atoms with Gasteiger partial charge in [0.05, 0.1) is 11.5 Å². The number of nitro groups is 1. The maximum Gasteiger partial charge on any atom is 0.329 e. The van der Waals surface area contributed by atoms with Gasteiger partial charge < -0.3 is 5.32 Å². The zero-order valence-corrected chi connectivity index (χ0v) is 13.9. The first-order valence-corrected chi connectivity index (χ1v) is 7.76. The van der Waals surface area contributed by atoms with Crippen molar-refractivity contribution in [3.8, 4) is 0 Å². The predicted octanol–water partition coefficient (Wildman–Crippen LogP) is 3.48. The molecular formula is C17H11ClFN3O4. The van der Waals surface area contributed by atoms with Gasteiger partial charge in [-0.05, 0) is 35.4 Å². The van der Waals surface area contributed by atoms with Gasteiger partial charge >= 0.3 is 6.03 Å². The number of benzene rings is 2. The van der Waals surface area contributed by atoms with E-state index in [0.717, 1.165) is 4.90 Å². The van der Waals surface area contributed by atoms with Gasteiger partial charge in [0.15, 0.2) is 0 Å². The minimum atomic E-state index is -0.639. The number of urea groups is 1. The van der Waals surface area contributed by atoms with Gasteiger partial charge in [-0.2, -0.15) is 0 Å². The van der Waals surface area contributed by atoms with E-state index in [1.54, 1.807) is 0 Å². The topological polar surface area (TPSA) is 92.5 Å². The standard InChI is InChI=1S/C17H11ClFN3O4/c18-13-6-3-11(8-15(13)22(25)26)7-14-16(23)21(17(24)20-14)9-10-1-4-12(19)5-2-10/h1-8H,9H2,(H,20,24)/b14-7-. The van der Waals surface area contributed by atoms with Gasteiger partial charge in [-0.3, -0.25) is 19.8 Å². The van der Waals surface area contributed by atoms with Crippen molar-refractivity contribution in [2.45, 2.75) is 6.54 Å². The third kappa shape index (κ3) is 3.55. The van der Waals surface area contributed by atoms with Crippen LogP contribution in [0.1, 0.15) is 11.1 Å². The maximum absolute atomic E-state index is 12.9. The number of carbonyl (C=O) groups is 2. The van der Waals surface area contributed by atoms with Crippen molar-refractivity contribution in [2.24, 2.45) is 0 Å². The Hall–Kier alpha value is -3.26. The molecule has 1 N–H and O–H groups in total. The molecule has 1 aliphatic heterocycles. The summed E-state index contributed by atoms with van der Waals surface area (Å²) >= 11 is 5.75. The Morgan fingerprint density at radius 2 is 1.88 bits per heavy atom. The van der Waals surface area contributed by atoms with Crippen molar-refractivity contribution >= 4 is 35.3 Å². The smallest absolute Gasteiger partial charge is 0.303 e. The lowest BCUT2D eigenvalue weighted by atomic mass is 10.1. The van der Waals surface area contributed by atoms with Gasteiger partial charge in [-0.15, -0.1) is 0 Å². The molecule has 2 aromatic rings. The van der Waals surface area contributed by atoms with Crippen LogP contribution < -0.4 is 5.32 Å². The Morgan fingerprint density at radius 3 is 2.54 bits per heavy atom. The van der Waals surface area contributed by atoms with Crippen molar-refractivity contribution < 1.29 is 18.9 Å². The van der Waals surface area contributed by atoms with Crippen LogP contribution in [0, 0.1) is 15.9 Å². The molecule has 0 aliphatic carbocycles. The Bertz CT molecular complexity index is 944. The molecule has 1 aliphatic rings. The molecule has 0 aromatic heterocycles. The molecule has 0 bridgehead atoms. The molecule has 7 nitrogen and oxygen atoms in total. The van der Waals surface area contributed by atoms with Crippen LogP contribution in [0.15, 0.2) is 48.2 Å². The van der Waals surface area contributed by atoms with Crippen molar-refractivity contribution in [1.29, 1.82) is 0 Å². The highest BCUT2D eigenvalue weighted by Crippen LogP contribution is 2.26. The van der Waals surface area contributed by atoms with Crippen molar-refractivity contribution in [3.05, 3.63) is 80.2 Å². The molecule has 0 unspecified atom stereocenters. The van der Waals surface area contributed by atoms with E-state index in [9.17, 15) is 24.1 Å². The zero-order valence-electron chi connectivity index (χ0n) is 13.1. The van der Waals surface area contributed by atoms with E-state index in [0.29, 0.717) is 11.1 Å². The summed E-state index contributed by atoms with van der Waals surface area (Å²) in [6, 6.07) is 8.81. The average Bonchev–Trinajstić information content (AvgIpc) is 2.85. The number of carbonyl (C=O) groups excluding carboxylic acids is 2. The van der Waals surface area contributed by atoms with E-state index in [4.69, 9.17) is 11.6 Å². The first-order valence-electron chi connectivity index (χ1n) is 7.38. The summed E-state index contributed by atoms with van der Waals surface area (Å²) < 4.78 is 12.9. The summed E-state index contributed by atoms with van der Waals surface area (Å²) in [5.41, 5.74) is 0.598. The van der Waals surface area contributed by atoms with Crippen molar-refractivity contribution in [2.75, 3.05) is 0 Å². The molecule has 132 valence electrons. The summed E-state index contributed by atoms with van der Waals surface area (Å²) in [5.74, 6) is -1.01. The molecule has 9 heteroatoms. The largest absolute Gasteiger partial charge is 0.329 e. The van der Waals surface area contributed by atoms with E-state index in [2.05, 4.69) is 5.32 Å². The molecule has 0 radical (unpaired) electrons. The molecule has 0 saturated carbocycles. The number of amides is 3. The van der Waals surface area contributed by atoms with Crippen LogP contribution in [-0.4, -0.2) is 21.8 Å². The first kappa shape index (κ1) is 17.6. The molecule has 26 heavy (non-hydrogen) atoms. The van der Waals surface area contributed by atoms with E-state index in [1.807, 2.05) is 0 Å². The number of halogens is 2. The van der Waals surface area contributed by atoms with Gasteiger partial charge in [0.1, 0.15) is 16.5 Å². The van der Waals surface area contributed by atoms with Crippen LogP contribution in [0.25, 0.3) is 6.08 Å². The van der Waals surface area contributed by atoms with Crippen molar-refractivity contribution in [1.82, 2.24) is 10.2 Å². The number of nitrogens with one attached hydrogen (secondary N) is 1. The normalized spacial score (nSPS) is 15.5. The van der Waals surface area contributed by atoms with Crippen LogP contribution in [0.3, 0.4) is 0 Å². The second kappa shape index (κ2) is 6.93. The molecule has 1 fully saturated rings. The number of hydrogen-bond acceptors (Lipinski definition) is 4. The molecule has 2 aromatic carbocycles. The van der Waals surface area contributed by atoms with Gasteiger partial charge in [-0.25, -0.2) is 9.18 Å². The SMILES string of the molecule is O=C1N/C(=C\c2ccc(Cl)c([N+](=O)[O-])c2)C(=O)N1Cc1ccc(F)cc1. The lowest BCUT2D eigenvalue weighted by molar-refractivity contribution is -0.384. The van der Waals surface area contributed by atoms with Gasteiger partial charge in [0.25, 0.3) is 11.6 Å². The van der Waals surface area contributed by atoms with Gasteiger partial charge in [-0.1, -0.05) is 29.8 Å². The molecule has 3 amide bonds. The summed E-state index contributed by atoms with van der Waals surface area (Å²) in [7, 11) is 0. The highest BCUT2D eigenvalue weighted by Gasteiger charge is 2.33. The average molecular weight is 376 g/mol. The molecule has 1 heterocycles. The molecule has 3 rings (SSSR count). The Balaban J connectivity index is 1.84. The van der Waals surface area contributed by atoms with E-state index in [1.165, 1.54) is 48.5 Å². The summed E-state index contributed by atoms with van der Waals surface area (Å²) in [6.07, 6.45) is 1.33. The second-order valence-corrected chi connectivity index (χ2v) is 5.88. The third-order valence-electron chi connectivity index (χ3n) is 3.69. The fourth-order valence-electron chi connectivity index (χ4n) is 2.41. The summed E-state index contributed by atoms with van der Waals surface area (Å²) in [4.78, 5) is 35.7. The van der Waals surface area contributed by atoms with Gasteiger partial charge in [0, 0.05) is 6.07 Å². The minimum Gasteiger partial charge on any atom is -0.303 e. The van der Waals surface area contributed by atoms with E-state index >= 15 is 0 Å². The van der Waals surface area contributed by atoms with Crippen LogP contribution in [0.4, 0.5) is 14.9 Å². The van der Waals surface area contributed by atoms with E-state index < -0.39 is 22.7 Å². The lowest BCUT2D eigenvalue weighted by Crippen LogP contribution is -2.30. The Kier molecular flexibility index (Phi) is 4.68. The van der Waals surface area contributed by atoms with E-state index in [-0.39, 0.29) is 23.0 Å². The number of hydrogen-bond donors (Lipinski definition) is 1. The zero-order chi connectivity index (χ0) is 18.8. The molecular weight excluding hydrogens is 365 g/mol. The Labute approximate surface area is 151 Å². The highest BCUT2D eigenvalue weighted by molar-refractivity contribution is 6.32. The quantitative estimate of drug-likeness (QED) is 0.383. The monoisotopic (exact) mass is 375 g/mol. The first-order chi connectivity index (χ1) is 12.3. The number of nitrogens with zero attached hydrogens (tertiary/aromatic N) is 2. The lowest BCUT2D eigenvalue weighted by Gasteiger charge is -2.11. The maximum atomic E-state index is 12.9. The summed E-state index contributed by atoms with van der Waals surface area (Å²) in [5, 5.41) is 13.3. The Morgan fingerprint density at radius 1 is 1.19 bits per heavy atom. The highest BCUT2D eigenvalue weighted by atomic mass is 35.5. The summed E-state index contributed by atoms with van der Waals surface area (Å²) in [6.45, 7) is -0.0247. The van der Waals surface area contributed by atoms with Crippen LogP contribution in [0.5, 0.6) is 0 Å². The molecule has 1 saturated heterocycles. The number of rotatable bonds is 4. The second-order valence-electron chi connectivity index (χ2n) is 5.47. The van der Waals surface area contributed by atoms with Gasteiger partial charge in [0.2, 0.25) is 0 Å². The fraction of sp³-hybridized carbons (Fsp3) is 0.0588. The molecule has 0 atom stereocenters. The number of nitro benzene ring substituents is 1. The predicted molar refractivity (Wildman–Crippen MR) is 91.6 cm³/mol. The van der Waals surface area contributed by atoms with Crippen LogP contribution >= 0.6 is 11.6 Å². The van der Waals surface area contributed by atoms with Crippen LogP contribution in [0.2, 0.25) is 5.02 Å². The third-order valence-corrected chi connectivity index (χ3v) is 4.01. The van der Waals surface area contributed by atoms with Crippen molar-refractivity contribution in [3.63, 3.8) is 0 Å². The number of imide groups is 1. The molecule has 0 spiro atoms. The minimum absolute atomic E-state index is 0.0197. The fourth-order valence-corrected chi connectivity index (χ4v) is 2.60. The van der Waals surface area contributed by atoms with Crippen LogP contribution in [-0.2, 0) is 11.3 Å².